The summed E-state index contributed by atoms with van der Waals surface area (Å²) >= 11 is 5.42. The van der Waals surface area contributed by atoms with Gasteiger partial charge in [0.2, 0.25) is 0 Å². The molecule has 0 fully saturated rings. The third-order valence-electron chi connectivity index (χ3n) is 1.52. The molecule has 1 rings (SSSR count). The Balaban J connectivity index is 3.45. The fraction of sp³-hybridized carbons (Fsp3) is 0.167. The number of nitrogens with two attached hydrogens (primary N) is 2. The van der Waals surface area contributed by atoms with E-state index in [9.17, 15) is 17.2 Å². The number of halogens is 3. The summed E-state index contributed by atoms with van der Waals surface area (Å²) in [6.07, 6.45) is -2.93. The number of hydrogen-bond donors (Lipinski definition) is 2. The van der Waals surface area contributed by atoms with Gasteiger partial charge in [-0.15, -0.1) is 0 Å². The molecule has 0 amide bonds. The fourth-order valence-electron chi connectivity index (χ4n) is 0.881. The van der Waals surface area contributed by atoms with Crippen LogP contribution in [0.15, 0.2) is 11.1 Å². The summed E-state index contributed by atoms with van der Waals surface area (Å²) in [6.45, 7) is 0. The number of sulfonamides is 1. The largest absolute Gasteiger partial charge is 0.383 e. The van der Waals surface area contributed by atoms with Crippen molar-refractivity contribution in [2.45, 2.75) is 11.5 Å². The quantitative estimate of drug-likeness (QED) is 0.822. The van der Waals surface area contributed by atoms with Gasteiger partial charge in [0.05, 0.1) is 10.6 Å². The van der Waals surface area contributed by atoms with Crippen molar-refractivity contribution in [2.75, 3.05) is 5.73 Å². The van der Waals surface area contributed by atoms with Crippen LogP contribution in [0.1, 0.15) is 12.0 Å². The molecule has 1 aromatic heterocycles. The molecule has 4 N–H and O–H groups in total. The lowest BCUT2D eigenvalue weighted by molar-refractivity contribution is 0.152. The highest BCUT2D eigenvalue weighted by Gasteiger charge is 2.21. The summed E-state index contributed by atoms with van der Waals surface area (Å²) in [6, 6.07) is 0.731. The molecular weight excluding hydrogens is 252 g/mol. The Kier molecular flexibility index (Phi) is 3.12. The van der Waals surface area contributed by atoms with Crippen molar-refractivity contribution >= 4 is 27.4 Å². The molecule has 84 valence electrons. The zero-order valence-electron chi connectivity index (χ0n) is 7.12. The molecule has 0 aliphatic rings. The topological polar surface area (TPSA) is 99.1 Å². The summed E-state index contributed by atoms with van der Waals surface area (Å²) in [4.78, 5) is 3.23. The van der Waals surface area contributed by atoms with Crippen LogP contribution < -0.4 is 10.9 Å². The summed E-state index contributed by atoms with van der Waals surface area (Å²) in [5, 5.41) is 3.60. The van der Waals surface area contributed by atoms with Gasteiger partial charge >= 0.3 is 0 Å². The van der Waals surface area contributed by atoms with Gasteiger partial charge in [-0.25, -0.2) is 27.3 Å². The number of aromatic nitrogens is 1. The minimum absolute atomic E-state index is 0.485. The molecule has 0 radical (unpaired) electrons. The lowest BCUT2D eigenvalue weighted by atomic mass is 10.2. The lowest BCUT2D eigenvalue weighted by Crippen LogP contribution is -2.15. The van der Waals surface area contributed by atoms with Crippen LogP contribution in [0, 0.1) is 0 Å². The smallest absolute Gasteiger partial charge is 0.268 e. The van der Waals surface area contributed by atoms with Gasteiger partial charge in [-0.1, -0.05) is 11.6 Å². The highest BCUT2D eigenvalue weighted by Crippen LogP contribution is 2.32. The Morgan fingerprint density at radius 1 is 1.47 bits per heavy atom. The summed E-state index contributed by atoms with van der Waals surface area (Å²) in [5.41, 5.74) is 4.42. The van der Waals surface area contributed by atoms with Crippen LogP contribution in [-0.4, -0.2) is 13.4 Å². The maximum atomic E-state index is 12.3. The van der Waals surface area contributed by atoms with E-state index in [-0.39, 0.29) is 0 Å². The summed E-state index contributed by atoms with van der Waals surface area (Å²) in [7, 11) is -4.11. The number of nitrogen functional groups attached to an aromatic ring is 1. The molecule has 0 spiro atoms. The Bertz CT molecular complexity index is 468. The van der Waals surface area contributed by atoms with E-state index in [1.807, 2.05) is 0 Å². The SMILES string of the molecule is Nc1nc(S(N)(=O)=O)cc(Cl)c1C(F)F. The Labute approximate surface area is 89.1 Å². The van der Waals surface area contributed by atoms with Gasteiger partial charge in [-0.2, -0.15) is 0 Å². The van der Waals surface area contributed by atoms with Gasteiger partial charge in [-0.3, -0.25) is 0 Å². The van der Waals surface area contributed by atoms with Gasteiger partial charge in [-0.05, 0) is 6.07 Å². The van der Waals surface area contributed by atoms with Crippen molar-refractivity contribution in [3.8, 4) is 0 Å². The second-order valence-electron chi connectivity index (χ2n) is 2.59. The molecule has 0 saturated carbocycles. The number of pyridine rings is 1. The molecule has 0 unspecified atom stereocenters. The Hall–Kier alpha value is -0.990. The molecule has 5 nitrogen and oxygen atoms in total. The molecule has 0 saturated heterocycles. The average molecular weight is 258 g/mol. The zero-order chi connectivity index (χ0) is 11.8. The van der Waals surface area contributed by atoms with Crippen LogP contribution in [0.3, 0.4) is 0 Å². The predicted octanol–water partition coefficient (Wildman–Crippen LogP) is 0.902. The van der Waals surface area contributed by atoms with Crippen LogP contribution in [0.2, 0.25) is 5.02 Å². The average Bonchev–Trinajstić information content (AvgIpc) is 1.99. The van der Waals surface area contributed by atoms with Gasteiger partial charge in [0, 0.05) is 0 Å². The predicted molar refractivity (Wildman–Crippen MR) is 50.0 cm³/mol. The second-order valence-corrected chi connectivity index (χ2v) is 4.50. The summed E-state index contributed by atoms with van der Waals surface area (Å²) < 4.78 is 46.3. The van der Waals surface area contributed by atoms with Crippen molar-refractivity contribution < 1.29 is 17.2 Å². The molecule has 0 atom stereocenters. The zero-order valence-corrected chi connectivity index (χ0v) is 8.69. The molecule has 1 heterocycles. The van der Waals surface area contributed by atoms with Crippen molar-refractivity contribution in [2.24, 2.45) is 5.14 Å². The highest BCUT2D eigenvalue weighted by atomic mass is 35.5. The maximum absolute atomic E-state index is 12.3. The first kappa shape index (κ1) is 12.1. The Morgan fingerprint density at radius 2 is 2.00 bits per heavy atom. The highest BCUT2D eigenvalue weighted by molar-refractivity contribution is 7.89. The maximum Gasteiger partial charge on any atom is 0.268 e. The molecule has 9 heteroatoms. The van der Waals surface area contributed by atoms with E-state index >= 15 is 0 Å². The number of primary sulfonamides is 1. The summed E-state index contributed by atoms with van der Waals surface area (Å²) in [5.74, 6) is -0.651. The molecule has 1 aromatic rings. The van der Waals surface area contributed by atoms with Crippen molar-refractivity contribution in [1.82, 2.24) is 4.98 Å². The number of nitrogens with zero attached hydrogens (tertiary/aromatic N) is 1. The molecule has 0 aromatic carbocycles. The molecule has 0 aliphatic carbocycles. The van der Waals surface area contributed by atoms with Crippen LogP contribution in [-0.2, 0) is 10.0 Å². The van der Waals surface area contributed by atoms with Crippen molar-refractivity contribution in [3.63, 3.8) is 0 Å². The van der Waals surface area contributed by atoms with Gasteiger partial charge in [0.15, 0.2) is 5.03 Å². The number of alkyl halides is 2. The molecular formula is C6H6ClF2N3O2S. The van der Waals surface area contributed by atoms with Crippen LogP contribution in [0.5, 0.6) is 0 Å². The third kappa shape index (κ3) is 2.52. The molecule has 15 heavy (non-hydrogen) atoms. The molecule has 0 bridgehead atoms. The molecule has 0 aliphatic heterocycles. The minimum Gasteiger partial charge on any atom is -0.383 e. The fourth-order valence-corrected chi connectivity index (χ4v) is 1.74. The van der Waals surface area contributed by atoms with E-state index in [0.29, 0.717) is 0 Å². The lowest BCUT2D eigenvalue weighted by Gasteiger charge is -2.07. The van der Waals surface area contributed by atoms with Crippen LogP contribution in [0.4, 0.5) is 14.6 Å². The van der Waals surface area contributed by atoms with Crippen molar-refractivity contribution in [3.05, 3.63) is 16.7 Å². The second kappa shape index (κ2) is 3.87. The minimum atomic E-state index is -4.11. The van der Waals surface area contributed by atoms with E-state index in [4.69, 9.17) is 22.5 Å². The van der Waals surface area contributed by atoms with Gasteiger partial charge < -0.3 is 5.73 Å². The monoisotopic (exact) mass is 257 g/mol. The Morgan fingerprint density at radius 3 is 2.33 bits per heavy atom. The standard InChI is InChI=1S/C6H6ClF2N3O2S/c7-2-1-3(15(11,13)14)12-6(10)4(2)5(8)9/h1,5H,(H2,10,12)(H2,11,13,14). The van der Waals surface area contributed by atoms with E-state index < -0.39 is 37.9 Å². The third-order valence-corrected chi connectivity index (χ3v) is 2.63. The number of anilines is 1. The number of hydrogen-bond acceptors (Lipinski definition) is 4. The van der Waals surface area contributed by atoms with E-state index in [2.05, 4.69) is 4.98 Å². The van der Waals surface area contributed by atoms with Gasteiger partial charge in [0.1, 0.15) is 5.82 Å². The van der Waals surface area contributed by atoms with E-state index in [1.165, 1.54) is 0 Å². The first-order valence-corrected chi connectivity index (χ1v) is 5.42. The van der Waals surface area contributed by atoms with Gasteiger partial charge in [0.25, 0.3) is 16.4 Å². The van der Waals surface area contributed by atoms with Crippen molar-refractivity contribution in [1.29, 1.82) is 0 Å². The van der Waals surface area contributed by atoms with E-state index in [1.54, 1.807) is 0 Å². The first-order chi connectivity index (χ1) is 6.73. The van der Waals surface area contributed by atoms with Crippen LogP contribution >= 0.6 is 11.6 Å². The number of rotatable bonds is 2. The normalized spacial score (nSPS) is 12.1. The van der Waals surface area contributed by atoms with E-state index in [0.717, 1.165) is 6.07 Å². The first-order valence-electron chi connectivity index (χ1n) is 3.50. The van der Waals surface area contributed by atoms with Crippen LogP contribution in [0.25, 0.3) is 0 Å².